The molecule has 1 aromatic rings. The fraction of sp³-hybridized carbons (Fsp3) is 0.700. The van der Waals surface area contributed by atoms with Gasteiger partial charge in [0.1, 0.15) is 11.1 Å². The van der Waals surface area contributed by atoms with Gasteiger partial charge in [-0.15, -0.1) is 11.6 Å². The zero-order valence-electron chi connectivity index (χ0n) is 8.62. The van der Waals surface area contributed by atoms with E-state index in [1.54, 1.807) is 6.20 Å². The maximum absolute atomic E-state index is 5.81. The fourth-order valence-electron chi connectivity index (χ4n) is 1.04. The SMILES string of the molecule is CCCOCCc1cnc(C(C)Cl)o1. The van der Waals surface area contributed by atoms with Gasteiger partial charge in [-0.2, -0.15) is 0 Å². The largest absolute Gasteiger partial charge is 0.444 e. The van der Waals surface area contributed by atoms with E-state index < -0.39 is 0 Å². The molecule has 1 atom stereocenters. The van der Waals surface area contributed by atoms with Gasteiger partial charge in [-0.1, -0.05) is 6.92 Å². The first-order chi connectivity index (χ1) is 6.74. The number of hydrogen-bond donors (Lipinski definition) is 0. The predicted molar refractivity (Wildman–Crippen MR) is 55.6 cm³/mol. The average Bonchev–Trinajstić information content (AvgIpc) is 2.61. The van der Waals surface area contributed by atoms with Gasteiger partial charge in [-0.25, -0.2) is 4.98 Å². The smallest absolute Gasteiger partial charge is 0.212 e. The standard InChI is InChI=1S/C10H16ClNO2/c1-3-5-13-6-4-9-7-12-10(14-9)8(2)11/h7-8H,3-6H2,1-2H3. The quantitative estimate of drug-likeness (QED) is 0.543. The van der Waals surface area contributed by atoms with Crippen LogP contribution >= 0.6 is 11.6 Å². The Morgan fingerprint density at radius 1 is 1.57 bits per heavy atom. The molecule has 0 aromatic carbocycles. The number of alkyl halides is 1. The van der Waals surface area contributed by atoms with E-state index in [0.29, 0.717) is 12.5 Å². The molecule has 4 heteroatoms. The summed E-state index contributed by atoms with van der Waals surface area (Å²) in [6.07, 6.45) is 3.51. The van der Waals surface area contributed by atoms with E-state index in [-0.39, 0.29) is 5.38 Å². The minimum absolute atomic E-state index is 0.166. The Morgan fingerprint density at radius 2 is 2.36 bits per heavy atom. The van der Waals surface area contributed by atoms with Crippen LogP contribution in [0.25, 0.3) is 0 Å². The van der Waals surface area contributed by atoms with E-state index in [0.717, 1.165) is 25.2 Å². The molecular weight excluding hydrogens is 202 g/mol. The second-order valence-corrected chi connectivity index (χ2v) is 3.80. The molecule has 0 amide bonds. The molecule has 1 aromatic heterocycles. The maximum Gasteiger partial charge on any atom is 0.212 e. The van der Waals surface area contributed by atoms with Crippen LogP contribution in [0.15, 0.2) is 10.6 Å². The van der Waals surface area contributed by atoms with Gasteiger partial charge in [0.05, 0.1) is 12.8 Å². The van der Waals surface area contributed by atoms with Crippen molar-refractivity contribution in [3.05, 3.63) is 17.8 Å². The summed E-state index contributed by atoms with van der Waals surface area (Å²) < 4.78 is 10.7. The molecule has 0 spiro atoms. The minimum atomic E-state index is -0.166. The van der Waals surface area contributed by atoms with Gasteiger partial charge in [0, 0.05) is 13.0 Å². The summed E-state index contributed by atoms with van der Waals surface area (Å²) in [4.78, 5) is 4.06. The van der Waals surface area contributed by atoms with Crippen molar-refractivity contribution in [2.75, 3.05) is 13.2 Å². The lowest BCUT2D eigenvalue weighted by molar-refractivity contribution is 0.134. The molecule has 0 N–H and O–H groups in total. The molecule has 1 rings (SSSR count). The van der Waals surface area contributed by atoms with Crippen molar-refractivity contribution < 1.29 is 9.15 Å². The second-order valence-electron chi connectivity index (χ2n) is 3.14. The maximum atomic E-state index is 5.81. The Kier molecular flexibility index (Phi) is 4.98. The Morgan fingerprint density at radius 3 is 2.93 bits per heavy atom. The van der Waals surface area contributed by atoms with E-state index >= 15 is 0 Å². The van der Waals surface area contributed by atoms with Gasteiger partial charge < -0.3 is 9.15 Å². The highest BCUT2D eigenvalue weighted by atomic mass is 35.5. The van der Waals surface area contributed by atoms with Gasteiger partial charge in [-0.3, -0.25) is 0 Å². The third-order valence-electron chi connectivity index (χ3n) is 1.75. The van der Waals surface area contributed by atoms with Gasteiger partial charge in [0.2, 0.25) is 5.89 Å². The van der Waals surface area contributed by atoms with Crippen LogP contribution in [0.1, 0.15) is 37.3 Å². The molecule has 0 aliphatic heterocycles. The normalized spacial score (nSPS) is 13.1. The van der Waals surface area contributed by atoms with Crippen LogP contribution in [0.3, 0.4) is 0 Å². The molecule has 1 unspecified atom stereocenters. The summed E-state index contributed by atoms with van der Waals surface area (Å²) in [5.74, 6) is 1.42. The zero-order valence-corrected chi connectivity index (χ0v) is 9.38. The van der Waals surface area contributed by atoms with Crippen LogP contribution in [-0.2, 0) is 11.2 Å². The van der Waals surface area contributed by atoms with Crippen LogP contribution in [0, 0.1) is 0 Å². The monoisotopic (exact) mass is 217 g/mol. The number of hydrogen-bond acceptors (Lipinski definition) is 3. The Bertz CT molecular complexity index is 260. The molecule has 0 aliphatic carbocycles. The summed E-state index contributed by atoms with van der Waals surface area (Å²) in [6, 6.07) is 0. The van der Waals surface area contributed by atoms with Gasteiger partial charge >= 0.3 is 0 Å². The van der Waals surface area contributed by atoms with E-state index in [1.165, 1.54) is 0 Å². The first-order valence-corrected chi connectivity index (χ1v) is 5.34. The Balaban J connectivity index is 2.29. The first-order valence-electron chi connectivity index (χ1n) is 4.90. The highest BCUT2D eigenvalue weighted by Crippen LogP contribution is 2.18. The zero-order chi connectivity index (χ0) is 10.4. The highest BCUT2D eigenvalue weighted by molar-refractivity contribution is 6.20. The average molecular weight is 218 g/mol. The molecule has 14 heavy (non-hydrogen) atoms. The van der Waals surface area contributed by atoms with Gasteiger partial charge in [-0.05, 0) is 13.3 Å². The minimum Gasteiger partial charge on any atom is -0.444 e. The third kappa shape index (κ3) is 3.68. The van der Waals surface area contributed by atoms with Crippen molar-refractivity contribution in [1.82, 2.24) is 4.98 Å². The number of oxazole rings is 1. The number of aromatic nitrogens is 1. The highest BCUT2D eigenvalue weighted by Gasteiger charge is 2.08. The van der Waals surface area contributed by atoms with Crippen LogP contribution in [0.4, 0.5) is 0 Å². The number of rotatable bonds is 6. The summed E-state index contributed by atoms with van der Waals surface area (Å²) >= 11 is 5.81. The van der Waals surface area contributed by atoms with Gasteiger partial charge in [0.25, 0.3) is 0 Å². The Hall–Kier alpha value is -0.540. The molecule has 0 aliphatic rings. The van der Waals surface area contributed by atoms with Crippen molar-refractivity contribution in [3.8, 4) is 0 Å². The van der Waals surface area contributed by atoms with Crippen LogP contribution in [-0.4, -0.2) is 18.2 Å². The summed E-state index contributed by atoms with van der Waals surface area (Å²) in [5.41, 5.74) is 0. The van der Waals surface area contributed by atoms with Crippen molar-refractivity contribution >= 4 is 11.6 Å². The lowest BCUT2D eigenvalue weighted by Crippen LogP contribution is -1.98. The fourth-order valence-corrected chi connectivity index (χ4v) is 1.14. The first kappa shape index (κ1) is 11.5. The molecule has 0 saturated heterocycles. The lowest BCUT2D eigenvalue weighted by atomic mass is 10.4. The molecule has 1 heterocycles. The number of ether oxygens (including phenoxy) is 1. The van der Waals surface area contributed by atoms with Gasteiger partial charge in [0.15, 0.2) is 0 Å². The summed E-state index contributed by atoms with van der Waals surface area (Å²) in [5, 5.41) is -0.166. The lowest BCUT2D eigenvalue weighted by Gasteiger charge is -1.99. The summed E-state index contributed by atoms with van der Waals surface area (Å²) in [6.45, 7) is 5.40. The van der Waals surface area contributed by atoms with Crippen LogP contribution in [0.5, 0.6) is 0 Å². The third-order valence-corrected chi connectivity index (χ3v) is 1.94. The summed E-state index contributed by atoms with van der Waals surface area (Å²) in [7, 11) is 0. The molecule has 3 nitrogen and oxygen atoms in total. The molecule has 0 radical (unpaired) electrons. The van der Waals surface area contributed by atoms with Crippen molar-refractivity contribution in [3.63, 3.8) is 0 Å². The molecule has 80 valence electrons. The predicted octanol–water partition coefficient (Wildman–Crippen LogP) is 2.94. The number of nitrogens with zero attached hydrogens (tertiary/aromatic N) is 1. The topological polar surface area (TPSA) is 35.3 Å². The van der Waals surface area contributed by atoms with Crippen molar-refractivity contribution in [2.45, 2.75) is 32.1 Å². The molecule has 0 fully saturated rings. The number of halogens is 1. The van der Waals surface area contributed by atoms with E-state index in [4.69, 9.17) is 20.8 Å². The molecule has 0 saturated carbocycles. The van der Waals surface area contributed by atoms with E-state index in [1.807, 2.05) is 6.92 Å². The van der Waals surface area contributed by atoms with E-state index in [2.05, 4.69) is 11.9 Å². The van der Waals surface area contributed by atoms with Crippen LogP contribution < -0.4 is 0 Å². The Labute approximate surface area is 89.4 Å². The van der Waals surface area contributed by atoms with Crippen molar-refractivity contribution in [1.29, 1.82) is 0 Å². The van der Waals surface area contributed by atoms with E-state index in [9.17, 15) is 0 Å². The van der Waals surface area contributed by atoms with Crippen molar-refractivity contribution in [2.24, 2.45) is 0 Å². The molecular formula is C10H16ClNO2. The molecule has 0 bridgehead atoms. The second kappa shape index (κ2) is 6.04. The van der Waals surface area contributed by atoms with Crippen LogP contribution in [0.2, 0.25) is 0 Å².